The van der Waals surface area contributed by atoms with E-state index in [1.807, 2.05) is 47.0 Å². The first-order valence-corrected chi connectivity index (χ1v) is 12.4. The minimum absolute atomic E-state index is 0.143. The molecule has 1 aliphatic rings. The number of unbranched alkanes of at least 4 members (excludes halogenated alkanes) is 3. The van der Waals surface area contributed by atoms with Crippen LogP contribution in [0.3, 0.4) is 0 Å². The Kier molecular flexibility index (Phi) is 6.75. The average molecular weight is 488 g/mol. The Morgan fingerprint density at radius 3 is 2.67 bits per heavy atom. The van der Waals surface area contributed by atoms with Gasteiger partial charge in [-0.15, -0.1) is 10.2 Å². The number of carboxylic acids is 1. The second-order valence-corrected chi connectivity index (χ2v) is 9.18. The molecule has 1 aliphatic heterocycles. The van der Waals surface area contributed by atoms with Crippen molar-refractivity contribution in [3.8, 4) is 22.5 Å². The van der Waals surface area contributed by atoms with Crippen LogP contribution in [0.5, 0.6) is 0 Å². The summed E-state index contributed by atoms with van der Waals surface area (Å²) in [6.45, 7) is 2.63. The lowest BCUT2D eigenvalue weighted by Crippen LogP contribution is -2.56. The molecule has 2 aromatic carbocycles. The van der Waals surface area contributed by atoms with Gasteiger partial charge in [0.1, 0.15) is 12.1 Å². The fourth-order valence-corrected chi connectivity index (χ4v) is 4.90. The van der Waals surface area contributed by atoms with Crippen molar-refractivity contribution >= 4 is 22.9 Å². The molecule has 5 rings (SSSR count). The topological polar surface area (TPSA) is 130 Å². The zero-order valence-electron chi connectivity index (χ0n) is 20.2. The molecule has 2 N–H and O–H groups in total. The Morgan fingerprint density at radius 1 is 1.14 bits per heavy atom. The quantitative estimate of drug-likeness (QED) is 0.322. The maximum Gasteiger partial charge on any atom is 0.326 e. The van der Waals surface area contributed by atoms with Crippen LogP contribution in [0.15, 0.2) is 48.8 Å². The van der Waals surface area contributed by atoms with Gasteiger partial charge in [-0.05, 0) is 41.3 Å². The van der Waals surface area contributed by atoms with Crippen molar-refractivity contribution in [3.63, 3.8) is 0 Å². The maximum atomic E-state index is 13.5. The molecule has 1 fully saturated rings. The van der Waals surface area contributed by atoms with Crippen molar-refractivity contribution in [2.24, 2.45) is 0 Å². The number of amides is 1. The summed E-state index contributed by atoms with van der Waals surface area (Å²) in [7, 11) is 0. The first kappa shape index (κ1) is 23.7. The van der Waals surface area contributed by atoms with Gasteiger partial charge in [0.15, 0.2) is 0 Å². The summed E-state index contributed by atoms with van der Waals surface area (Å²) in [5.41, 5.74) is 4.36. The van der Waals surface area contributed by atoms with Gasteiger partial charge >= 0.3 is 5.97 Å². The summed E-state index contributed by atoms with van der Waals surface area (Å²) in [5, 5.41) is 23.9. The number of carboxylic acid groups (broad SMARTS) is 1. The van der Waals surface area contributed by atoms with Crippen LogP contribution in [0.25, 0.3) is 33.5 Å². The molecule has 0 spiro atoms. The van der Waals surface area contributed by atoms with E-state index in [1.165, 1.54) is 4.90 Å². The van der Waals surface area contributed by atoms with Crippen molar-refractivity contribution < 1.29 is 14.7 Å². The number of nitrogens with one attached hydrogen (secondary N) is 1. The number of aromatic amines is 1. The fourth-order valence-electron chi connectivity index (χ4n) is 4.90. The van der Waals surface area contributed by atoms with E-state index < -0.39 is 18.1 Å². The normalized spacial score (nSPS) is 16.1. The zero-order chi connectivity index (χ0) is 25.1. The van der Waals surface area contributed by atoms with Gasteiger partial charge in [0.05, 0.1) is 17.4 Å². The van der Waals surface area contributed by atoms with E-state index in [0.717, 1.165) is 53.4 Å². The van der Waals surface area contributed by atoms with Gasteiger partial charge in [0.2, 0.25) is 11.7 Å². The first-order chi connectivity index (χ1) is 17.6. The Hall–Kier alpha value is -4.08. The minimum Gasteiger partial charge on any atom is -0.480 e. The molecule has 1 amide bonds. The molecule has 3 heterocycles. The lowest BCUT2D eigenvalue weighted by atomic mass is 9.98. The third-order valence-corrected chi connectivity index (χ3v) is 6.94. The summed E-state index contributed by atoms with van der Waals surface area (Å²) in [6.07, 6.45) is 6.99. The highest BCUT2D eigenvalue weighted by Gasteiger charge is 2.40. The third-order valence-electron chi connectivity index (χ3n) is 6.94. The van der Waals surface area contributed by atoms with Crippen molar-refractivity contribution in [1.29, 1.82) is 0 Å². The van der Waals surface area contributed by atoms with Crippen LogP contribution >= 0.6 is 0 Å². The molecule has 186 valence electrons. The van der Waals surface area contributed by atoms with E-state index in [9.17, 15) is 14.7 Å². The fraction of sp³-hybridized carbons (Fsp3) is 0.385. The van der Waals surface area contributed by atoms with Crippen LogP contribution in [0, 0.1) is 0 Å². The Labute approximate surface area is 208 Å². The van der Waals surface area contributed by atoms with Gasteiger partial charge in [-0.3, -0.25) is 4.79 Å². The molecule has 2 unspecified atom stereocenters. The van der Waals surface area contributed by atoms with Crippen LogP contribution in [0.2, 0.25) is 0 Å². The number of likely N-dealkylation sites (tertiary alicyclic amines) is 1. The molecular weight excluding hydrogens is 458 g/mol. The van der Waals surface area contributed by atoms with E-state index in [-0.39, 0.29) is 5.91 Å². The lowest BCUT2D eigenvalue weighted by molar-refractivity contribution is -0.159. The number of fused-ring (bicyclic) bond motifs is 1. The second kappa shape index (κ2) is 10.3. The molecule has 4 aromatic rings. The highest BCUT2D eigenvalue weighted by molar-refractivity contribution is 5.91. The number of hydrogen-bond acceptors (Lipinski definition) is 6. The number of benzene rings is 2. The Morgan fingerprint density at radius 2 is 1.97 bits per heavy atom. The Balaban J connectivity index is 1.48. The standard InChI is InChI=1S/C26H29N7O3/c1-2-3-4-5-10-22(25(34)32-14-13-23(32)26(35)36)33-16-27-20-15-17(11-12-21(20)33)18-8-6-7-9-19(18)24-28-30-31-29-24/h6-9,11-12,15-16,22-23H,2-5,10,13-14H2,1H3,(H,35,36)(H,28,29,30,31). The molecule has 1 saturated heterocycles. The maximum absolute atomic E-state index is 13.5. The van der Waals surface area contributed by atoms with Crippen molar-refractivity contribution in [1.82, 2.24) is 35.1 Å². The summed E-state index contributed by atoms with van der Waals surface area (Å²) < 4.78 is 1.91. The number of carbonyl (C=O) groups excluding carboxylic acids is 1. The van der Waals surface area contributed by atoms with E-state index >= 15 is 0 Å². The monoisotopic (exact) mass is 487 g/mol. The van der Waals surface area contributed by atoms with Gasteiger partial charge in [0, 0.05) is 12.1 Å². The molecule has 0 bridgehead atoms. The van der Waals surface area contributed by atoms with Crippen LogP contribution < -0.4 is 0 Å². The van der Waals surface area contributed by atoms with Gasteiger partial charge in [-0.25, -0.2) is 9.78 Å². The summed E-state index contributed by atoms with van der Waals surface area (Å²) in [5.74, 6) is -0.577. The number of nitrogens with zero attached hydrogens (tertiary/aromatic N) is 6. The lowest BCUT2D eigenvalue weighted by Gasteiger charge is -2.40. The molecular formula is C26H29N7O3. The predicted molar refractivity (Wildman–Crippen MR) is 134 cm³/mol. The molecule has 36 heavy (non-hydrogen) atoms. The molecule has 10 nitrogen and oxygen atoms in total. The molecule has 0 aliphatic carbocycles. The summed E-state index contributed by atoms with van der Waals surface area (Å²) in [6, 6.07) is 12.6. The van der Waals surface area contributed by atoms with E-state index in [1.54, 1.807) is 6.33 Å². The van der Waals surface area contributed by atoms with Gasteiger partial charge < -0.3 is 14.6 Å². The van der Waals surface area contributed by atoms with E-state index in [2.05, 4.69) is 32.5 Å². The van der Waals surface area contributed by atoms with Crippen LogP contribution in [-0.4, -0.2) is 64.6 Å². The molecule has 0 radical (unpaired) electrons. The van der Waals surface area contributed by atoms with Crippen molar-refractivity contribution in [2.45, 2.75) is 57.5 Å². The first-order valence-electron chi connectivity index (χ1n) is 12.4. The highest BCUT2D eigenvalue weighted by atomic mass is 16.4. The van der Waals surface area contributed by atoms with E-state index in [4.69, 9.17) is 0 Å². The summed E-state index contributed by atoms with van der Waals surface area (Å²) in [4.78, 5) is 31.2. The number of carbonyl (C=O) groups is 2. The van der Waals surface area contributed by atoms with Gasteiger partial charge in [-0.2, -0.15) is 5.21 Å². The SMILES string of the molecule is CCCCCCC(C(=O)N1CCC1C(=O)O)n1cnc2cc(-c3ccccc3-c3nn[nH]n3)ccc21. The zero-order valence-corrected chi connectivity index (χ0v) is 20.2. The average Bonchev–Trinajstić information content (AvgIpc) is 3.53. The summed E-state index contributed by atoms with van der Waals surface area (Å²) >= 11 is 0. The predicted octanol–water partition coefficient (Wildman–Crippen LogP) is 4.08. The second-order valence-electron chi connectivity index (χ2n) is 9.18. The number of H-pyrrole nitrogens is 1. The third kappa shape index (κ3) is 4.46. The van der Waals surface area contributed by atoms with Crippen LogP contribution in [0.1, 0.15) is 51.5 Å². The van der Waals surface area contributed by atoms with Crippen molar-refractivity contribution in [3.05, 3.63) is 48.8 Å². The smallest absolute Gasteiger partial charge is 0.326 e. The Bertz CT molecular complexity index is 1370. The minimum atomic E-state index is -0.945. The van der Waals surface area contributed by atoms with Gasteiger partial charge in [0.25, 0.3) is 0 Å². The van der Waals surface area contributed by atoms with Gasteiger partial charge in [-0.1, -0.05) is 62.9 Å². The number of aromatic nitrogens is 6. The van der Waals surface area contributed by atoms with E-state index in [0.29, 0.717) is 25.2 Å². The molecule has 2 atom stereocenters. The number of imidazole rings is 1. The number of tetrazole rings is 1. The molecule has 10 heteroatoms. The van der Waals surface area contributed by atoms with Crippen LogP contribution in [-0.2, 0) is 9.59 Å². The largest absolute Gasteiger partial charge is 0.480 e. The number of hydrogen-bond donors (Lipinski definition) is 2. The number of aliphatic carboxylic acids is 1. The molecule has 0 saturated carbocycles. The number of rotatable bonds is 10. The molecule has 2 aromatic heterocycles. The highest BCUT2D eigenvalue weighted by Crippen LogP contribution is 2.33. The van der Waals surface area contributed by atoms with Crippen molar-refractivity contribution in [2.75, 3.05) is 6.54 Å². The van der Waals surface area contributed by atoms with Crippen LogP contribution in [0.4, 0.5) is 0 Å².